The summed E-state index contributed by atoms with van der Waals surface area (Å²) in [4.78, 5) is 0. The van der Waals surface area contributed by atoms with Gasteiger partial charge in [0.05, 0.1) is 18.8 Å². The molecule has 0 fully saturated rings. The zero-order valence-corrected chi connectivity index (χ0v) is 12.3. The lowest BCUT2D eigenvalue weighted by atomic mass is 9.89. The minimum Gasteiger partial charge on any atom is -0.482 e. The fourth-order valence-corrected chi connectivity index (χ4v) is 2.27. The smallest absolute Gasteiger partial charge is 0.157 e. The molecule has 1 aromatic rings. The van der Waals surface area contributed by atoms with E-state index >= 15 is 0 Å². The van der Waals surface area contributed by atoms with E-state index < -0.39 is 17.8 Å². The largest absolute Gasteiger partial charge is 0.482 e. The van der Waals surface area contributed by atoms with E-state index in [2.05, 4.69) is 0 Å². The third kappa shape index (κ3) is 4.47. The molecule has 4 heteroatoms. The zero-order chi connectivity index (χ0) is 15.0. The topological polar surface area (TPSA) is 69.9 Å². The fourth-order valence-electron chi connectivity index (χ4n) is 2.27. The van der Waals surface area contributed by atoms with Crippen molar-refractivity contribution in [1.29, 1.82) is 0 Å². The molecule has 0 aromatic heterocycles. The molecule has 0 aliphatic carbocycles. The maximum Gasteiger partial charge on any atom is 0.157 e. The summed E-state index contributed by atoms with van der Waals surface area (Å²) >= 11 is 0. The lowest BCUT2D eigenvalue weighted by Gasteiger charge is -2.37. The van der Waals surface area contributed by atoms with E-state index in [-0.39, 0.29) is 13.0 Å². The van der Waals surface area contributed by atoms with Gasteiger partial charge >= 0.3 is 0 Å². The van der Waals surface area contributed by atoms with Gasteiger partial charge in [-0.25, -0.2) is 0 Å². The predicted octanol–water partition coefficient (Wildman–Crippen LogP) is 2.12. The van der Waals surface area contributed by atoms with E-state index in [0.29, 0.717) is 18.6 Å². The van der Waals surface area contributed by atoms with Crippen molar-refractivity contribution in [1.82, 2.24) is 0 Å². The Morgan fingerprint density at radius 3 is 2.30 bits per heavy atom. The van der Waals surface area contributed by atoms with Gasteiger partial charge in [-0.2, -0.15) is 0 Å². The van der Waals surface area contributed by atoms with Crippen molar-refractivity contribution in [3.8, 4) is 5.75 Å². The highest BCUT2D eigenvalue weighted by molar-refractivity contribution is 5.22. The first-order chi connectivity index (χ1) is 9.57. The molecule has 1 aromatic carbocycles. The summed E-state index contributed by atoms with van der Waals surface area (Å²) < 4.78 is 5.83. The first-order valence-corrected chi connectivity index (χ1v) is 7.29. The quantitative estimate of drug-likeness (QED) is 0.649. The minimum absolute atomic E-state index is 0.203. The Hall–Kier alpha value is -1.10. The van der Waals surface area contributed by atoms with Crippen molar-refractivity contribution >= 4 is 0 Å². The van der Waals surface area contributed by atoms with Crippen LogP contribution in [0.1, 0.15) is 39.5 Å². The lowest BCUT2D eigenvalue weighted by molar-refractivity contribution is -0.103. The Morgan fingerprint density at radius 1 is 1.15 bits per heavy atom. The van der Waals surface area contributed by atoms with Crippen LogP contribution in [0.2, 0.25) is 0 Å². The Morgan fingerprint density at radius 2 is 1.80 bits per heavy atom. The maximum absolute atomic E-state index is 10.4. The molecular weight excluding hydrogens is 256 g/mol. The normalized spacial score (nSPS) is 17.2. The average molecular weight is 282 g/mol. The summed E-state index contributed by atoms with van der Waals surface area (Å²) in [7, 11) is 0. The Kier molecular flexibility index (Phi) is 6.99. The van der Waals surface area contributed by atoms with Gasteiger partial charge in [-0.15, -0.1) is 0 Å². The van der Waals surface area contributed by atoms with Crippen LogP contribution in [0.15, 0.2) is 30.3 Å². The van der Waals surface area contributed by atoms with Gasteiger partial charge in [0.1, 0.15) is 5.75 Å². The molecule has 1 rings (SSSR count). The van der Waals surface area contributed by atoms with Crippen LogP contribution in [-0.2, 0) is 0 Å². The fraction of sp³-hybridized carbons (Fsp3) is 0.625. The van der Waals surface area contributed by atoms with Crippen LogP contribution in [0.3, 0.4) is 0 Å². The Labute approximate surface area is 121 Å². The van der Waals surface area contributed by atoms with Gasteiger partial charge in [-0.1, -0.05) is 38.5 Å². The summed E-state index contributed by atoms with van der Waals surface area (Å²) in [6, 6.07) is 9.13. The Balaban J connectivity index is 2.79. The van der Waals surface area contributed by atoms with E-state index in [1.54, 1.807) is 12.1 Å². The monoisotopic (exact) mass is 282 g/mol. The van der Waals surface area contributed by atoms with Crippen LogP contribution in [-0.4, -0.2) is 39.7 Å². The number of hydrogen-bond donors (Lipinski definition) is 3. The zero-order valence-electron chi connectivity index (χ0n) is 12.3. The summed E-state index contributed by atoms with van der Waals surface area (Å²) in [6.45, 7) is 3.54. The third-order valence-corrected chi connectivity index (χ3v) is 3.65. The molecule has 20 heavy (non-hydrogen) atoms. The van der Waals surface area contributed by atoms with Gasteiger partial charge < -0.3 is 20.1 Å². The van der Waals surface area contributed by atoms with E-state index in [0.717, 1.165) is 6.42 Å². The van der Waals surface area contributed by atoms with Crippen LogP contribution in [0.5, 0.6) is 5.75 Å². The van der Waals surface area contributed by atoms with E-state index in [4.69, 9.17) is 4.74 Å². The number of benzene rings is 1. The van der Waals surface area contributed by atoms with Gasteiger partial charge in [0.15, 0.2) is 5.60 Å². The van der Waals surface area contributed by atoms with Crippen LogP contribution in [0, 0.1) is 0 Å². The van der Waals surface area contributed by atoms with E-state index in [1.807, 2.05) is 32.0 Å². The van der Waals surface area contributed by atoms with Crippen LogP contribution in [0.4, 0.5) is 0 Å². The number of aliphatic hydroxyl groups is 3. The van der Waals surface area contributed by atoms with Gasteiger partial charge in [-0.3, -0.25) is 0 Å². The van der Waals surface area contributed by atoms with Crippen molar-refractivity contribution in [3.63, 3.8) is 0 Å². The van der Waals surface area contributed by atoms with Crippen molar-refractivity contribution < 1.29 is 20.1 Å². The second-order valence-electron chi connectivity index (χ2n) is 5.19. The van der Waals surface area contributed by atoms with E-state index in [1.165, 1.54) is 0 Å². The molecular formula is C16H26O4. The molecule has 0 aliphatic heterocycles. The number of hydrogen-bond acceptors (Lipinski definition) is 4. The van der Waals surface area contributed by atoms with Crippen molar-refractivity contribution in [2.45, 2.75) is 57.3 Å². The molecule has 0 aliphatic rings. The number of aliphatic hydroxyl groups excluding tert-OH is 3. The van der Waals surface area contributed by atoms with Crippen molar-refractivity contribution in [2.24, 2.45) is 0 Å². The van der Waals surface area contributed by atoms with Crippen LogP contribution < -0.4 is 4.74 Å². The number of ether oxygens (including phenoxy) is 1. The third-order valence-electron chi connectivity index (χ3n) is 3.65. The Bertz CT molecular complexity index is 362. The van der Waals surface area contributed by atoms with Gasteiger partial charge in [0.25, 0.3) is 0 Å². The van der Waals surface area contributed by atoms with Crippen LogP contribution >= 0.6 is 0 Å². The molecule has 3 N–H and O–H groups in total. The molecule has 0 amide bonds. The highest BCUT2D eigenvalue weighted by Gasteiger charge is 2.39. The molecule has 0 saturated carbocycles. The maximum atomic E-state index is 10.4. The molecule has 3 atom stereocenters. The second kappa shape index (κ2) is 8.25. The summed E-state index contributed by atoms with van der Waals surface area (Å²) in [5.74, 6) is 0.604. The summed E-state index contributed by atoms with van der Waals surface area (Å²) in [5, 5.41) is 29.9. The SMILES string of the molecule is CCCC(O)CC(O)C(CC)(CO)Oc1ccccc1. The van der Waals surface area contributed by atoms with Crippen molar-refractivity contribution in [2.75, 3.05) is 6.61 Å². The average Bonchev–Trinajstić information content (AvgIpc) is 2.46. The van der Waals surface area contributed by atoms with Crippen LogP contribution in [0.25, 0.3) is 0 Å². The standard InChI is InChI=1S/C16H26O4/c1-3-8-13(18)11-15(19)16(4-2,12-17)20-14-9-6-5-7-10-14/h5-7,9-10,13,15,17-19H,3-4,8,11-12H2,1-2H3. The molecule has 0 radical (unpaired) electrons. The lowest BCUT2D eigenvalue weighted by Crippen LogP contribution is -2.51. The predicted molar refractivity (Wildman–Crippen MR) is 78.7 cm³/mol. The second-order valence-corrected chi connectivity index (χ2v) is 5.19. The highest BCUT2D eigenvalue weighted by atomic mass is 16.5. The molecule has 0 bridgehead atoms. The van der Waals surface area contributed by atoms with Gasteiger partial charge in [-0.05, 0) is 25.0 Å². The number of para-hydroxylation sites is 1. The number of rotatable bonds is 9. The first-order valence-electron chi connectivity index (χ1n) is 7.29. The summed E-state index contributed by atoms with van der Waals surface area (Å²) in [5.41, 5.74) is -1.07. The molecule has 4 nitrogen and oxygen atoms in total. The van der Waals surface area contributed by atoms with Crippen molar-refractivity contribution in [3.05, 3.63) is 30.3 Å². The minimum atomic E-state index is -1.07. The molecule has 0 spiro atoms. The van der Waals surface area contributed by atoms with E-state index in [9.17, 15) is 15.3 Å². The van der Waals surface area contributed by atoms with Gasteiger partial charge in [0, 0.05) is 6.42 Å². The molecule has 114 valence electrons. The molecule has 3 unspecified atom stereocenters. The van der Waals surface area contributed by atoms with Gasteiger partial charge in [0.2, 0.25) is 0 Å². The molecule has 0 heterocycles. The first kappa shape index (κ1) is 17.0. The molecule has 0 saturated heterocycles. The summed E-state index contributed by atoms with van der Waals surface area (Å²) in [6.07, 6.45) is 0.651. The highest BCUT2D eigenvalue weighted by Crippen LogP contribution is 2.27.